The van der Waals surface area contributed by atoms with Crippen molar-refractivity contribution in [1.29, 1.82) is 0 Å². The van der Waals surface area contributed by atoms with E-state index in [-0.39, 0.29) is 5.82 Å². The molecular formula is C13H14ClFN2O. The Morgan fingerprint density at radius 1 is 1.39 bits per heavy atom. The molecule has 0 aliphatic heterocycles. The summed E-state index contributed by atoms with van der Waals surface area (Å²) < 4.78 is 14.7. The van der Waals surface area contributed by atoms with Gasteiger partial charge in [-0.25, -0.2) is 4.39 Å². The normalized spacial score (nSPS) is 12.8. The molecule has 1 aromatic heterocycles. The Labute approximate surface area is 110 Å². The lowest BCUT2D eigenvalue weighted by molar-refractivity contribution is 0.219. The van der Waals surface area contributed by atoms with Crippen molar-refractivity contribution in [2.24, 2.45) is 7.05 Å². The Kier molecular flexibility index (Phi) is 3.41. The summed E-state index contributed by atoms with van der Waals surface area (Å²) in [4.78, 5) is 0. The number of aliphatic hydroxyl groups is 1. The molecule has 1 heterocycles. The molecule has 2 rings (SSSR count). The SMILES string of the molecule is Cc1cc(C(O)c2c(C)nn(C)c2Cl)ccc1F. The van der Waals surface area contributed by atoms with Gasteiger partial charge in [-0.3, -0.25) is 4.68 Å². The molecule has 1 aromatic carbocycles. The number of hydrogen-bond acceptors (Lipinski definition) is 2. The summed E-state index contributed by atoms with van der Waals surface area (Å²) in [6.45, 7) is 3.43. The van der Waals surface area contributed by atoms with Gasteiger partial charge in [0, 0.05) is 12.6 Å². The minimum Gasteiger partial charge on any atom is -0.383 e. The van der Waals surface area contributed by atoms with E-state index in [1.54, 1.807) is 33.0 Å². The van der Waals surface area contributed by atoms with Crippen molar-refractivity contribution in [3.63, 3.8) is 0 Å². The summed E-state index contributed by atoms with van der Waals surface area (Å²) in [6.07, 6.45) is -0.898. The Bertz CT molecular complexity index is 595. The topological polar surface area (TPSA) is 38.1 Å². The number of aliphatic hydroxyl groups excluding tert-OH is 1. The van der Waals surface area contributed by atoms with Crippen molar-refractivity contribution < 1.29 is 9.50 Å². The van der Waals surface area contributed by atoms with E-state index in [1.807, 2.05) is 0 Å². The summed E-state index contributed by atoms with van der Waals surface area (Å²) in [5, 5.41) is 14.9. The molecule has 18 heavy (non-hydrogen) atoms. The molecule has 0 spiro atoms. The second-order valence-electron chi connectivity index (χ2n) is 4.32. The summed E-state index contributed by atoms with van der Waals surface area (Å²) in [5.41, 5.74) is 2.32. The first-order valence-electron chi connectivity index (χ1n) is 5.55. The van der Waals surface area contributed by atoms with Crippen LogP contribution in [0.2, 0.25) is 5.15 Å². The monoisotopic (exact) mass is 268 g/mol. The van der Waals surface area contributed by atoms with Crippen molar-refractivity contribution in [2.45, 2.75) is 20.0 Å². The number of nitrogens with zero attached hydrogens (tertiary/aromatic N) is 2. The van der Waals surface area contributed by atoms with Gasteiger partial charge in [0.1, 0.15) is 17.1 Å². The molecule has 1 atom stereocenters. The van der Waals surface area contributed by atoms with Crippen molar-refractivity contribution in [1.82, 2.24) is 9.78 Å². The van der Waals surface area contributed by atoms with E-state index in [1.165, 1.54) is 10.7 Å². The number of aryl methyl sites for hydroxylation is 3. The Morgan fingerprint density at radius 2 is 2.06 bits per heavy atom. The number of benzene rings is 1. The van der Waals surface area contributed by atoms with Crippen LogP contribution in [0.4, 0.5) is 4.39 Å². The first kappa shape index (κ1) is 13.1. The van der Waals surface area contributed by atoms with Crippen LogP contribution in [0.3, 0.4) is 0 Å². The molecule has 2 aromatic rings. The molecule has 0 amide bonds. The molecule has 0 aliphatic rings. The van der Waals surface area contributed by atoms with Crippen LogP contribution in [0.15, 0.2) is 18.2 Å². The minimum absolute atomic E-state index is 0.292. The van der Waals surface area contributed by atoms with E-state index in [9.17, 15) is 9.50 Å². The third-order valence-corrected chi connectivity index (χ3v) is 3.42. The standard InChI is InChI=1S/C13H14ClFN2O/c1-7-6-9(4-5-10(7)15)12(18)11-8(2)16-17(3)13(11)14/h4-6,12,18H,1-3H3. The highest BCUT2D eigenvalue weighted by atomic mass is 35.5. The van der Waals surface area contributed by atoms with Crippen LogP contribution in [0.5, 0.6) is 0 Å². The highest BCUT2D eigenvalue weighted by Crippen LogP contribution is 2.31. The fourth-order valence-electron chi connectivity index (χ4n) is 1.96. The Morgan fingerprint density at radius 3 is 2.56 bits per heavy atom. The van der Waals surface area contributed by atoms with Crippen LogP contribution in [0, 0.1) is 19.7 Å². The van der Waals surface area contributed by atoms with Gasteiger partial charge in [0.05, 0.1) is 5.69 Å². The average Bonchev–Trinajstić information content (AvgIpc) is 2.56. The van der Waals surface area contributed by atoms with Gasteiger partial charge in [-0.15, -0.1) is 0 Å². The highest BCUT2D eigenvalue weighted by molar-refractivity contribution is 6.30. The average molecular weight is 269 g/mol. The molecule has 0 radical (unpaired) electrons. The fraction of sp³-hybridized carbons (Fsp3) is 0.308. The van der Waals surface area contributed by atoms with Gasteiger partial charge in [0.25, 0.3) is 0 Å². The third-order valence-electron chi connectivity index (χ3n) is 2.97. The first-order valence-corrected chi connectivity index (χ1v) is 5.92. The zero-order chi connectivity index (χ0) is 13.4. The van der Waals surface area contributed by atoms with Crippen LogP contribution >= 0.6 is 11.6 Å². The smallest absolute Gasteiger partial charge is 0.133 e. The van der Waals surface area contributed by atoms with Gasteiger partial charge in [-0.05, 0) is 31.0 Å². The van der Waals surface area contributed by atoms with Crippen LogP contribution in [0.25, 0.3) is 0 Å². The van der Waals surface area contributed by atoms with Crippen molar-refractivity contribution in [3.05, 3.63) is 51.6 Å². The van der Waals surface area contributed by atoms with E-state index in [0.29, 0.717) is 27.5 Å². The van der Waals surface area contributed by atoms with Crippen molar-refractivity contribution >= 4 is 11.6 Å². The fourth-order valence-corrected chi connectivity index (χ4v) is 2.24. The van der Waals surface area contributed by atoms with E-state index in [4.69, 9.17) is 11.6 Å². The van der Waals surface area contributed by atoms with Gasteiger partial charge in [-0.2, -0.15) is 5.10 Å². The quantitative estimate of drug-likeness (QED) is 0.909. The minimum atomic E-state index is -0.898. The summed E-state index contributed by atoms with van der Waals surface area (Å²) in [6, 6.07) is 4.51. The molecule has 3 nitrogen and oxygen atoms in total. The maximum Gasteiger partial charge on any atom is 0.133 e. The molecule has 0 saturated heterocycles. The Hall–Kier alpha value is -1.39. The molecule has 0 bridgehead atoms. The largest absolute Gasteiger partial charge is 0.383 e. The second-order valence-corrected chi connectivity index (χ2v) is 4.68. The summed E-state index contributed by atoms with van der Waals surface area (Å²) in [5.74, 6) is -0.292. The Balaban J connectivity index is 2.47. The molecular weight excluding hydrogens is 255 g/mol. The van der Waals surface area contributed by atoms with E-state index >= 15 is 0 Å². The van der Waals surface area contributed by atoms with Gasteiger partial charge < -0.3 is 5.11 Å². The third kappa shape index (κ3) is 2.13. The number of halogens is 2. The lowest BCUT2D eigenvalue weighted by Gasteiger charge is -2.12. The predicted molar refractivity (Wildman–Crippen MR) is 68.2 cm³/mol. The summed E-state index contributed by atoms with van der Waals surface area (Å²) in [7, 11) is 1.71. The number of hydrogen-bond donors (Lipinski definition) is 1. The van der Waals surface area contributed by atoms with Crippen LogP contribution < -0.4 is 0 Å². The van der Waals surface area contributed by atoms with E-state index in [0.717, 1.165) is 0 Å². The molecule has 1 N–H and O–H groups in total. The van der Waals surface area contributed by atoms with Crippen LogP contribution in [-0.4, -0.2) is 14.9 Å². The molecule has 96 valence electrons. The van der Waals surface area contributed by atoms with Gasteiger partial charge in [-0.1, -0.05) is 23.7 Å². The molecule has 0 fully saturated rings. The van der Waals surface area contributed by atoms with Crippen LogP contribution in [0.1, 0.15) is 28.5 Å². The highest BCUT2D eigenvalue weighted by Gasteiger charge is 2.21. The molecule has 1 unspecified atom stereocenters. The van der Waals surface area contributed by atoms with Gasteiger partial charge >= 0.3 is 0 Å². The van der Waals surface area contributed by atoms with Crippen molar-refractivity contribution in [3.8, 4) is 0 Å². The second kappa shape index (κ2) is 4.71. The maximum absolute atomic E-state index is 13.2. The lowest BCUT2D eigenvalue weighted by Crippen LogP contribution is -2.02. The number of rotatable bonds is 2. The maximum atomic E-state index is 13.2. The molecule has 5 heteroatoms. The summed E-state index contributed by atoms with van der Waals surface area (Å²) >= 11 is 6.10. The van der Waals surface area contributed by atoms with E-state index in [2.05, 4.69) is 5.10 Å². The molecule has 0 aliphatic carbocycles. The predicted octanol–water partition coefficient (Wildman–Crippen LogP) is 2.91. The zero-order valence-electron chi connectivity index (χ0n) is 10.4. The zero-order valence-corrected chi connectivity index (χ0v) is 11.2. The number of aromatic nitrogens is 2. The molecule has 0 saturated carbocycles. The van der Waals surface area contributed by atoms with Crippen LogP contribution in [-0.2, 0) is 7.05 Å². The van der Waals surface area contributed by atoms with Gasteiger partial charge in [0.15, 0.2) is 0 Å². The lowest BCUT2D eigenvalue weighted by atomic mass is 10.0. The van der Waals surface area contributed by atoms with Gasteiger partial charge in [0.2, 0.25) is 0 Å². The first-order chi connectivity index (χ1) is 8.41. The van der Waals surface area contributed by atoms with E-state index < -0.39 is 6.10 Å². The van der Waals surface area contributed by atoms with Crippen molar-refractivity contribution in [2.75, 3.05) is 0 Å².